The lowest BCUT2D eigenvalue weighted by Crippen LogP contribution is -1.97. The molecule has 2 aromatic rings. The molecule has 102 valence electrons. The van der Waals surface area contributed by atoms with Crippen LogP contribution in [0.3, 0.4) is 0 Å². The molecular weight excluding hydrogens is 277 g/mol. The molecule has 20 heavy (non-hydrogen) atoms. The molecule has 0 saturated carbocycles. The monoisotopic (exact) mass is 289 g/mol. The van der Waals surface area contributed by atoms with E-state index in [0.29, 0.717) is 17.9 Å². The number of rotatable bonds is 3. The molecule has 0 saturated heterocycles. The maximum atomic E-state index is 13.7. The zero-order chi connectivity index (χ0) is 14.4. The lowest BCUT2D eigenvalue weighted by Gasteiger charge is -2.07. The molecule has 0 aliphatic heterocycles. The standard InChI is InChI=1S/C16H13ClFNO/c1-12-7-13(10-19-9-12)11-20-15-5-4-14(3-2-6-17)16(18)8-15/h4-5,7-10H,6,11H2,1H3. The van der Waals surface area contributed by atoms with Gasteiger partial charge in [0.15, 0.2) is 0 Å². The summed E-state index contributed by atoms with van der Waals surface area (Å²) in [5, 5.41) is 0. The van der Waals surface area contributed by atoms with Crippen molar-refractivity contribution < 1.29 is 9.13 Å². The topological polar surface area (TPSA) is 22.1 Å². The molecule has 2 rings (SSSR count). The van der Waals surface area contributed by atoms with Gasteiger partial charge in [-0.25, -0.2) is 4.39 Å². The van der Waals surface area contributed by atoms with E-state index in [4.69, 9.17) is 16.3 Å². The molecule has 1 heterocycles. The number of alkyl halides is 1. The summed E-state index contributed by atoms with van der Waals surface area (Å²) in [7, 11) is 0. The van der Waals surface area contributed by atoms with E-state index < -0.39 is 5.82 Å². The molecule has 0 amide bonds. The Morgan fingerprint density at radius 1 is 1.30 bits per heavy atom. The largest absolute Gasteiger partial charge is 0.489 e. The van der Waals surface area contributed by atoms with Crippen molar-refractivity contribution in [3.63, 3.8) is 0 Å². The SMILES string of the molecule is Cc1cncc(COc2ccc(C#CCCl)c(F)c2)c1. The Kier molecular flexibility index (Phi) is 4.97. The van der Waals surface area contributed by atoms with E-state index in [1.807, 2.05) is 13.0 Å². The third-order valence-corrected chi connectivity index (χ3v) is 2.70. The predicted molar refractivity (Wildman–Crippen MR) is 77.3 cm³/mol. The molecule has 1 aromatic heterocycles. The van der Waals surface area contributed by atoms with Crippen LogP contribution in [0.15, 0.2) is 36.7 Å². The Morgan fingerprint density at radius 3 is 2.85 bits per heavy atom. The molecule has 4 heteroatoms. The van der Waals surface area contributed by atoms with Gasteiger partial charge >= 0.3 is 0 Å². The Balaban J connectivity index is 2.05. The van der Waals surface area contributed by atoms with Gasteiger partial charge in [0.2, 0.25) is 0 Å². The van der Waals surface area contributed by atoms with Gasteiger partial charge in [0.1, 0.15) is 18.2 Å². The predicted octanol–water partition coefficient (Wildman–Crippen LogP) is 3.70. The molecule has 0 N–H and O–H groups in total. The van der Waals surface area contributed by atoms with Crippen molar-refractivity contribution in [3.8, 4) is 17.6 Å². The molecular formula is C16H13ClFNO. The van der Waals surface area contributed by atoms with Crippen LogP contribution >= 0.6 is 11.6 Å². The highest BCUT2D eigenvalue weighted by Gasteiger charge is 2.03. The van der Waals surface area contributed by atoms with Crippen molar-refractivity contribution >= 4 is 11.6 Å². The second-order valence-corrected chi connectivity index (χ2v) is 4.50. The first-order valence-corrected chi connectivity index (χ1v) is 6.60. The number of aryl methyl sites for hydroxylation is 1. The smallest absolute Gasteiger partial charge is 0.142 e. The number of halogens is 2. The summed E-state index contributed by atoms with van der Waals surface area (Å²) in [5.41, 5.74) is 2.32. The fourth-order valence-corrected chi connectivity index (χ4v) is 1.75. The van der Waals surface area contributed by atoms with Gasteiger partial charge in [0.05, 0.1) is 11.4 Å². The minimum atomic E-state index is -0.414. The van der Waals surface area contributed by atoms with Gasteiger partial charge < -0.3 is 4.74 Å². The molecule has 0 aliphatic carbocycles. The number of ether oxygens (including phenoxy) is 1. The molecule has 0 bridgehead atoms. The highest BCUT2D eigenvalue weighted by molar-refractivity contribution is 6.19. The summed E-state index contributed by atoms with van der Waals surface area (Å²) < 4.78 is 19.3. The van der Waals surface area contributed by atoms with Crippen LogP contribution in [-0.2, 0) is 6.61 Å². The summed E-state index contributed by atoms with van der Waals surface area (Å²) >= 11 is 5.44. The van der Waals surface area contributed by atoms with E-state index in [1.54, 1.807) is 24.5 Å². The lowest BCUT2D eigenvalue weighted by molar-refractivity contribution is 0.304. The Bertz CT molecular complexity index is 661. The van der Waals surface area contributed by atoms with Gasteiger partial charge in [-0.2, -0.15) is 0 Å². The Hall–Kier alpha value is -2.05. The van der Waals surface area contributed by atoms with Crippen LogP contribution in [0.4, 0.5) is 4.39 Å². The quantitative estimate of drug-likeness (QED) is 0.635. The Morgan fingerprint density at radius 2 is 2.15 bits per heavy atom. The van der Waals surface area contributed by atoms with E-state index in [9.17, 15) is 4.39 Å². The van der Waals surface area contributed by atoms with Crippen LogP contribution < -0.4 is 4.74 Å². The van der Waals surface area contributed by atoms with E-state index >= 15 is 0 Å². The van der Waals surface area contributed by atoms with Gasteiger partial charge in [0.25, 0.3) is 0 Å². The molecule has 2 nitrogen and oxygen atoms in total. The fraction of sp³-hybridized carbons (Fsp3) is 0.188. The van der Waals surface area contributed by atoms with Gasteiger partial charge in [-0.3, -0.25) is 4.98 Å². The van der Waals surface area contributed by atoms with Crippen LogP contribution in [0.1, 0.15) is 16.7 Å². The van der Waals surface area contributed by atoms with Crippen molar-refractivity contribution in [1.82, 2.24) is 4.98 Å². The van der Waals surface area contributed by atoms with Crippen molar-refractivity contribution in [3.05, 3.63) is 59.2 Å². The van der Waals surface area contributed by atoms with Gasteiger partial charge in [-0.1, -0.05) is 11.8 Å². The van der Waals surface area contributed by atoms with E-state index in [1.165, 1.54) is 6.07 Å². The molecule has 0 unspecified atom stereocenters. The van der Waals surface area contributed by atoms with Crippen LogP contribution in [0.5, 0.6) is 5.75 Å². The van der Waals surface area contributed by atoms with Gasteiger partial charge in [0, 0.05) is 24.0 Å². The maximum absolute atomic E-state index is 13.7. The van der Waals surface area contributed by atoms with Crippen molar-refractivity contribution in [2.24, 2.45) is 0 Å². The van der Waals surface area contributed by atoms with Gasteiger partial charge in [-0.05, 0) is 30.7 Å². The highest BCUT2D eigenvalue weighted by Crippen LogP contribution is 2.17. The number of benzene rings is 1. The normalized spacial score (nSPS) is 9.75. The highest BCUT2D eigenvalue weighted by atomic mass is 35.5. The van der Waals surface area contributed by atoms with Crippen LogP contribution in [0.25, 0.3) is 0 Å². The van der Waals surface area contributed by atoms with Crippen molar-refractivity contribution in [2.75, 3.05) is 5.88 Å². The van der Waals surface area contributed by atoms with Crippen molar-refractivity contribution in [1.29, 1.82) is 0 Å². The summed E-state index contributed by atoms with van der Waals surface area (Å²) in [6, 6.07) is 6.56. The average molecular weight is 290 g/mol. The molecule has 0 atom stereocenters. The molecule has 0 aliphatic rings. The van der Waals surface area contributed by atoms with Crippen LogP contribution in [0, 0.1) is 24.6 Å². The Labute approximate surface area is 122 Å². The van der Waals surface area contributed by atoms with E-state index in [0.717, 1.165) is 11.1 Å². The van der Waals surface area contributed by atoms with Crippen LogP contribution in [-0.4, -0.2) is 10.9 Å². The number of hydrogen-bond donors (Lipinski definition) is 0. The minimum absolute atomic E-state index is 0.179. The zero-order valence-electron chi connectivity index (χ0n) is 11.0. The second-order valence-electron chi connectivity index (χ2n) is 4.24. The summed E-state index contributed by atoms with van der Waals surface area (Å²) in [6.45, 7) is 2.31. The first kappa shape index (κ1) is 14.4. The summed E-state index contributed by atoms with van der Waals surface area (Å²) in [4.78, 5) is 4.08. The van der Waals surface area contributed by atoms with Crippen LogP contribution in [0.2, 0.25) is 0 Å². The number of nitrogens with zero attached hydrogens (tertiary/aromatic N) is 1. The second kappa shape index (κ2) is 6.93. The van der Waals surface area contributed by atoms with E-state index in [2.05, 4.69) is 16.8 Å². The number of aromatic nitrogens is 1. The zero-order valence-corrected chi connectivity index (χ0v) is 11.7. The molecule has 0 radical (unpaired) electrons. The first-order valence-electron chi connectivity index (χ1n) is 6.07. The lowest BCUT2D eigenvalue weighted by atomic mass is 10.2. The third-order valence-electron chi connectivity index (χ3n) is 2.57. The number of hydrogen-bond acceptors (Lipinski definition) is 2. The number of pyridine rings is 1. The first-order chi connectivity index (χ1) is 9.69. The molecule has 0 spiro atoms. The van der Waals surface area contributed by atoms with E-state index in [-0.39, 0.29) is 5.88 Å². The summed E-state index contributed by atoms with van der Waals surface area (Å²) in [5.74, 6) is 5.49. The van der Waals surface area contributed by atoms with Gasteiger partial charge in [-0.15, -0.1) is 11.6 Å². The molecule has 0 fully saturated rings. The molecule has 1 aromatic carbocycles. The average Bonchev–Trinajstić information content (AvgIpc) is 2.44. The maximum Gasteiger partial charge on any atom is 0.142 e. The minimum Gasteiger partial charge on any atom is -0.489 e. The third kappa shape index (κ3) is 3.97. The summed E-state index contributed by atoms with van der Waals surface area (Å²) in [6.07, 6.45) is 3.50. The van der Waals surface area contributed by atoms with Crippen molar-refractivity contribution in [2.45, 2.75) is 13.5 Å². The fourth-order valence-electron chi connectivity index (χ4n) is 1.68.